The van der Waals surface area contributed by atoms with E-state index < -0.39 is 0 Å². The number of aliphatic imine (C=N–C) groups is 1. The molecule has 7 heteroatoms. The predicted molar refractivity (Wildman–Crippen MR) is 77.0 cm³/mol. The third-order valence-corrected chi connectivity index (χ3v) is 3.34. The Kier molecular flexibility index (Phi) is 5.29. The molecule has 0 radical (unpaired) electrons. The molecule has 1 rings (SSSR count). The third kappa shape index (κ3) is 4.51. The SMILES string of the molecule is CN=C(NCc1ncnn1C)NCC(C)(C)N(C)C. The molecule has 0 aliphatic rings. The summed E-state index contributed by atoms with van der Waals surface area (Å²) in [6.45, 7) is 5.75. The fourth-order valence-corrected chi connectivity index (χ4v) is 1.32. The smallest absolute Gasteiger partial charge is 0.191 e. The standard InChI is InChI=1S/C12H25N7/c1-12(2,18(4)5)8-15-11(13-3)14-7-10-16-9-17-19(10)6/h9H,7-8H2,1-6H3,(H2,13,14,15). The van der Waals surface area contributed by atoms with Crippen molar-refractivity contribution in [3.63, 3.8) is 0 Å². The second kappa shape index (κ2) is 6.51. The van der Waals surface area contributed by atoms with Crippen molar-refractivity contribution in [1.82, 2.24) is 30.3 Å². The Labute approximate surface area is 115 Å². The van der Waals surface area contributed by atoms with E-state index in [0.717, 1.165) is 18.3 Å². The van der Waals surface area contributed by atoms with E-state index in [2.05, 4.69) is 58.6 Å². The van der Waals surface area contributed by atoms with E-state index >= 15 is 0 Å². The molecule has 7 nitrogen and oxygen atoms in total. The third-order valence-electron chi connectivity index (χ3n) is 3.34. The first-order valence-electron chi connectivity index (χ1n) is 6.31. The highest BCUT2D eigenvalue weighted by Gasteiger charge is 2.20. The molecule has 0 aromatic carbocycles. The minimum absolute atomic E-state index is 0.0579. The van der Waals surface area contributed by atoms with Gasteiger partial charge in [0, 0.05) is 26.2 Å². The van der Waals surface area contributed by atoms with E-state index in [9.17, 15) is 0 Å². The van der Waals surface area contributed by atoms with Gasteiger partial charge in [-0.25, -0.2) is 4.98 Å². The first kappa shape index (κ1) is 15.4. The van der Waals surface area contributed by atoms with Crippen LogP contribution >= 0.6 is 0 Å². The minimum Gasteiger partial charge on any atom is -0.355 e. The molecule has 108 valence electrons. The van der Waals surface area contributed by atoms with Gasteiger partial charge in [-0.1, -0.05) is 0 Å². The molecule has 0 saturated carbocycles. The molecule has 0 saturated heterocycles. The van der Waals surface area contributed by atoms with Crippen LogP contribution in [0.25, 0.3) is 0 Å². The average Bonchev–Trinajstić information content (AvgIpc) is 2.75. The summed E-state index contributed by atoms with van der Waals surface area (Å²) in [7, 11) is 7.76. The van der Waals surface area contributed by atoms with Crippen LogP contribution in [0.3, 0.4) is 0 Å². The number of hydrogen-bond donors (Lipinski definition) is 2. The van der Waals surface area contributed by atoms with Crippen LogP contribution in [0.2, 0.25) is 0 Å². The quantitative estimate of drug-likeness (QED) is 0.572. The number of aromatic nitrogens is 3. The van der Waals surface area contributed by atoms with Crippen LogP contribution in [0.1, 0.15) is 19.7 Å². The summed E-state index contributed by atoms with van der Waals surface area (Å²) in [5, 5.41) is 10.6. The van der Waals surface area contributed by atoms with Crippen molar-refractivity contribution < 1.29 is 0 Å². The fourth-order valence-electron chi connectivity index (χ4n) is 1.32. The molecular weight excluding hydrogens is 242 g/mol. The first-order chi connectivity index (χ1) is 8.86. The summed E-state index contributed by atoms with van der Waals surface area (Å²) in [4.78, 5) is 10.5. The Bertz CT molecular complexity index is 419. The van der Waals surface area contributed by atoms with Crippen LogP contribution in [0.4, 0.5) is 0 Å². The maximum atomic E-state index is 4.20. The molecule has 0 fully saturated rings. The van der Waals surface area contributed by atoms with Gasteiger partial charge >= 0.3 is 0 Å². The number of rotatable bonds is 5. The second-order valence-corrected chi connectivity index (χ2v) is 5.29. The summed E-state index contributed by atoms with van der Waals surface area (Å²) in [5.74, 6) is 1.63. The van der Waals surface area contributed by atoms with Crippen LogP contribution in [0.15, 0.2) is 11.3 Å². The molecule has 0 aliphatic carbocycles. The van der Waals surface area contributed by atoms with Crippen molar-refractivity contribution in [2.75, 3.05) is 27.7 Å². The van der Waals surface area contributed by atoms with Gasteiger partial charge in [-0.2, -0.15) is 5.10 Å². The van der Waals surface area contributed by atoms with E-state index in [0.29, 0.717) is 6.54 Å². The van der Waals surface area contributed by atoms with E-state index in [-0.39, 0.29) is 5.54 Å². The number of aryl methyl sites for hydroxylation is 1. The van der Waals surface area contributed by atoms with E-state index in [1.165, 1.54) is 0 Å². The number of likely N-dealkylation sites (N-methyl/N-ethyl adjacent to an activating group) is 1. The normalized spacial score (nSPS) is 12.9. The van der Waals surface area contributed by atoms with Gasteiger partial charge in [0.1, 0.15) is 12.2 Å². The van der Waals surface area contributed by atoms with Crippen molar-refractivity contribution >= 4 is 5.96 Å². The van der Waals surface area contributed by atoms with Crippen molar-refractivity contribution in [1.29, 1.82) is 0 Å². The molecule has 0 atom stereocenters. The number of nitrogens with zero attached hydrogens (tertiary/aromatic N) is 5. The van der Waals surface area contributed by atoms with Crippen molar-refractivity contribution in [3.8, 4) is 0 Å². The number of hydrogen-bond acceptors (Lipinski definition) is 4. The van der Waals surface area contributed by atoms with Crippen molar-refractivity contribution in [2.24, 2.45) is 12.0 Å². The van der Waals surface area contributed by atoms with Gasteiger partial charge in [-0.15, -0.1) is 0 Å². The highest BCUT2D eigenvalue weighted by Crippen LogP contribution is 2.07. The van der Waals surface area contributed by atoms with Gasteiger partial charge in [-0.3, -0.25) is 9.67 Å². The van der Waals surface area contributed by atoms with Gasteiger partial charge in [-0.05, 0) is 27.9 Å². The molecule has 0 spiro atoms. The summed E-state index contributed by atoms with van der Waals surface area (Å²) in [6, 6.07) is 0. The lowest BCUT2D eigenvalue weighted by Gasteiger charge is -2.33. The lowest BCUT2D eigenvalue weighted by atomic mass is 10.0. The second-order valence-electron chi connectivity index (χ2n) is 5.29. The molecule has 0 unspecified atom stereocenters. The van der Waals surface area contributed by atoms with Crippen LogP contribution in [-0.4, -0.2) is 58.9 Å². The molecule has 0 bridgehead atoms. The molecule has 1 heterocycles. The zero-order valence-corrected chi connectivity index (χ0v) is 12.7. The topological polar surface area (TPSA) is 70.4 Å². The van der Waals surface area contributed by atoms with Crippen molar-refractivity contribution in [2.45, 2.75) is 25.9 Å². The maximum absolute atomic E-state index is 4.20. The lowest BCUT2D eigenvalue weighted by molar-refractivity contribution is 0.197. The van der Waals surface area contributed by atoms with Gasteiger partial charge in [0.25, 0.3) is 0 Å². The Morgan fingerprint density at radius 1 is 1.42 bits per heavy atom. The fraction of sp³-hybridized carbons (Fsp3) is 0.750. The molecule has 0 aliphatic heterocycles. The summed E-state index contributed by atoms with van der Waals surface area (Å²) < 4.78 is 1.74. The molecular formula is C12H25N7. The largest absolute Gasteiger partial charge is 0.355 e. The number of guanidine groups is 1. The first-order valence-corrected chi connectivity index (χ1v) is 6.31. The molecule has 1 aromatic heterocycles. The van der Waals surface area contributed by atoms with Gasteiger partial charge in [0.2, 0.25) is 0 Å². The minimum atomic E-state index is 0.0579. The maximum Gasteiger partial charge on any atom is 0.191 e. The van der Waals surface area contributed by atoms with Crippen LogP contribution in [0, 0.1) is 0 Å². The zero-order chi connectivity index (χ0) is 14.5. The summed E-state index contributed by atoms with van der Waals surface area (Å²) >= 11 is 0. The summed E-state index contributed by atoms with van der Waals surface area (Å²) in [5.41, 5.74) is 0.0579. The molecule has 1 aromatic rings. The van der Waals surface area contributed by atoms with Crippen LogP contribution < -0.4 is 10.6 Å². The van der Waals surface area contributed by atoms with Gasteiger partial charge < -0.3 is 15.5 Å². The van der Waals surface area contributed by atoms with Crippen LogP contribution in [-0.2, 0) is 13.6 Å². The molecule has 0 amide bonds. The Balaban J connectivity index is 2.46. The van der Waals surface area contributed by atoms with Crippen molar-refractivity contribution in [3.05, 3.63) is 12.2 Å². The highest BCUT2D eigenvalue weighted by atomic mass is 15.3. The van der Waals surface area contributed by atoms with E-state index in [1.807, 2.05) is 7.05 Å². The average molecular weight is 267 g/mol. The monoisotopic (exact) mass is 267 g/mol. The Morgan fingerprint density at radius 2 is 2.11 bits per heavy atom. The van der Waals surface area contributed by atoms with E-state index in [1.54, 1.807) is 18.1 Å². The zero-order valence-electron chi connectivity index (χ0n) is 12.7. The van der Waals surface area contributed by atoms with Crippen LogP contribution in [0.5, 0.6) is 0 Å². The highest BCUT2D eigenvalue weighted by molar-refractivity contribution is 5.79. The van der Waals surface area contributed by atoms with Gasteiger partial charge in [0.05, 0.1) is 6.54 Å². The number of nitrogens with one attached hydrogen (secondary N) is 2. The predicted octanol–water partition coefficient (Wildman–Crippen LogP) is -0.180. The Morgan fingerprint density at radius 3 is 2.58 bits per heavy atom. The van der Waals surface area contributed by atoms with E-state index in [4.69, 9.17) is 0 Å². The molecule has 2 N–H and O–H groups in total. The van der Waals surface area contributed by atoms with Gasteiger partial charge in [0.15, 0.2) is 5.96 Å². The summed E-state index contributed by atoms with van der Waals surface area (Å²) in [6.07, 6.45) is 1.54. The Hall–Kier alpha value is -1.63. The molecule has 19 heavy (non-hydrogen) atoms. The lowest BCUT2D eigenvalue weighted by Crippen LogP contribution is -2.50.